The van der Waals surface area contributed by atoms with Crippen molar-refractivity contribution in [3.05, 3.63) is 18.1 Å². The maximum Gasteiger partial charge on any atom is 0.230 e. The van der Waals surface area contributed by atoms with Crippen LogP contribution in [0.5, 0.6) is 0 Å². The van der Waals surface area contributed by atoms with Gasteiger partial charge in [-0.2, -0.15) is 0 Å². The van der Waals surface area contributed by atoms with E-state index in [2.05, 4.69) is 33.9 Å². The second-order valence-corrected chi connectivity index (χ2v) is 8.33. The van der Waals surface area contributed by atoms with E-state index in [4.69, 9.17) is 4.42 Å². The van der Waals surface area contributed by atoms with Gasteiger partial charge in [-0.1, -0.05) is 44.9 Å². The van der Waals surface area contributed by atoms with Crippen LogP contribution in [0.3, 0.4) is 0 Å². The summed E-state index contributed by atoms with van der Waals surface area (Å²) in [4.78, 5) is 12.3. The molecule has 0 aromatic carbocycles. The van der Waals surface area contributed by atoms with E-state index >= 15 is 0 Å². The van der Waals surface area contributed by atoms with Gasteiger partial charge in [0.2, 0.25) is 5.91 Å². The molecule has 142 valence electrons. The maximum atomic E-state index is 12.3. The summed E-state index contributed by atoms with van der Waals surface area (Å²) < 4.78 is 7.52. The molecule has 2 heterocycles. The Hall–Kier alpha value is -1.76. The molecule has 7 heteroatoms. The summed E-state index contributed by atoms with van der Waals surface area (Å²) in [6.07, 6.45) is 7.59. The number of nitrogens with zero attached hydrogens (tertiary/aromatic N) is 3. The molecule has 2 aromatic rings. The van der Waals surface area contributed by atoms with Crippen molar-refractivity contribution in [2.75, 3.05) is 5.75 Å². The molecule has 1 N–H and O–H groups in total. The standard InChI is InChI=1S/C19H28N4O2S/c1-13(2)11-23-18(16-9-10-25-14(16)3)21-22-19(23)26-12-17(24)20-15-7-5-4-6-8-15/h9-10,13,15H,4-8,11-12H2,1-3H3,(H,20,24). The van der Waals surface area contributed by atoms with Gasteiger partial charge in [0.1, 0.15) is 5.76 Å². The zero-order valence-corrected chi connectivity index (χ0v) is 16.6. The van der Waals surface area contributed by atoms with Crippen molar-refractivity contribution < 1.29 is 9.21 Å². The Kier molecular flexibility index (Phi) is 6.40. The van der Waals surface area contributed by atoms with E-state index in [1.54, 1.807) is 6.26 Å². The van der Waals surface area contributed by atoms with Crippen molar-refractivity contribution in [1.29, 1.82) is 0 Å². The number of carbonyl (C=O) groups is 1. The summed E-state index contributed by atoms with van der Waals surface area (Å²) in [6, 6.07) is 2.26. The van der Waals surface area contributed by atoms with Gasteiger partial charge in [-0.15, -0.1) is 10.2 Å². The van der Waals surface area contributed by atoms with Crippen LogP contribution in [0.4, 0.5) is 0 Å². The highest BCUT2D eigenvalue weighted by Crippen LogP contribution is 2.28. The lowest BCUT2D eigenvalue weighted by molar-refractivity contribution is -0.119. The normalized spacial score (nSPS) is 15.5. The van der Waals surface area contributed by atoms with Crippen LogP contribution in [0.2, 0.25) is 0 Å². The van der Waals surface area contributed by atoms with Gasteiger partial charge >= 0.3 is 0 Å². The van der Waals surface area contributed by atoms with E-state index in [1.807, 2.05) is 13.0 Å². The van der Waals surface area contributed by atoms with Crippen molar-refractivity contribution in [2.24, 2.45) is 5.92 Å². The van der Waals surface area contributed by atoms with E-state index in [9.17, 15) is 4.79 Å². The summed E-state index contributed by atoms with van der Waals surface area (Å²) in [5, 5.41) is 12.7. The summed E-state index contributed by atoms with van der Waals surface area (Å²) in [5.74, 6) is 2.54. The van der Waals surface area contributed by atoms with Crippen molar-refractivity contribution in [3.8, 4) is 11.4 Å². The molecule has 3 rings (SSSR count). The van der Waals surface area contributed by atoms with Crippen molar-refractivity contribution >= 4 is 17.7 Å². The van der Waals surface area contributed by atoms with Crippen LogP contribution >= 0.6 is 11.8 Å². The lowest BCUT2D eigenvalue weighted by Crippen LogP contribution is -2.37. The van der Waals surface area contributed by atoms with E-state index in [0.717, 1.165) is 41.7 Å². The Labute approximate surface area is 159 Å². The van der Waals surface area contributed by atoms with Gasteiger partial charge in [-0.3, -0.25) is 4.79 Å². The van der Waals surface area contributed by atoms with Crippen molar-refractivity contribution in [1.82, 2.24) is 20.1 Å². The minimum absolute atomic E-state index is 0.0852. The number of aromatic nitrogens is 3. The molecule has 0 saturated heterocycles. The summed E-state index contributed by atoms with van der Waals surface area (Å²) in [5.41, 5.74) is 0.955. The van der Waals surface area contributed by atoms with Gasteiger partial charge in [0, 0.05) is 12.6 Å². The first-order valence-electron chi connectivity index (χ1n) is 9.44. The van der Waals surface area contributed by atoms with E-state index in [0.29, 0.717) is 17.7 Å². The molecule has 0 spiro atoms. The number of hydrogen-bond donors (Lipinski definition) is 1. The predicted octanol–water partition coefficient (Wildman–Crippen LogP) is 4.04. The average molecular weight is 377 g/mol. The van der Waals surface area contributed by atoms with Gasteiger partial charge in [0.05, 0.1) is 17.6 Å². The zero-order valence-electron chi connectivity index (χ0n) is 15.8. The molecule has 1 aliphatic carbocycles. The molecule has 1 amide bonds. The van der Waals surface area contributed by atoms with E-state index in [-0.39, 0.29) is 5.91 Å². The minimum atomic E-state index is 0.0852. The van der Waals surface area contributed by atoms with Gasteiger partial charge in [0.15, 0.2) is 11.0 Å². The average Bonchev–Trinajstić information content (AvgIpc) is 3.19. The molecule has 26 heavy (non-hydrogen) atoms. The van der Waals surface area contributed by atoms with Gasteiger partial charge in [-0.05, 0) is 31.7 Å². The second kappa shape index (κ2) is 8.75. The number of amides is 1. The van der Waals surface area contributed by atoms with E-state index in [1.165, 1.54) is 31.0 Å². The lowest BCUT2D eigenvalue weighted by atomic mass is 9.95. The molecule has 1 aliphatic rings. The van der Waals surface area contributed by atoms with Crippen LogP contribution in [-0.2, 0) is 11.3 Å². The van der Waals surface area contributed by atoms with Crippen molar-refractivity contribution in [3.63, 3.8) is 0 Å². The molecular formula is C19H28N4O2S. The molecule has 0 radical (unpaired) electrons. The minimum Gasteiger partial charge on any atom is -0.469 e. The fourth-order valence-corrected chi connectivity index (χ4v) is 4.15. The van der Waals surface area contributed by atoms with Gasteiger partial charge in [0.25, 0.3) is 0 Å². The molecule has 6 nitrogen and oxygen atoms in total. The topological polar surface area (TPSA) is 72.9 Å². The largest absolute Gasteiger partial charge is 0.469 e. The first kappa shape index (κ1) is 19.0. The highest BCUT2D eigenvalue weighted by atomic mass is 32.2. The molecular weight excluding hydrogens is 348 g/mol. The third-order valence-electron chi connectivity index (χ3n) is 4.67. The summed E-state index contributed by atoms with van der Waals surface area (Å²) in [7, 11) is 0. The fraction of sp³-hybridized carbons (Fsp3) is 0.632. The Morgan fingerprint density at radius 1 is 1.35 bits per heavy atom. The fourth-order valence-electron chi connectivity index (χ4n) is 3.39. The predicted molar refractivity (Wildman–Crippen MR) is 103 cm³/mol. The van der Waals surface area contributed by atoms with Crippen LogP contribution in [0.25, 0.3) is 11.4 Å². The van der Waals surface area contributed by atoms with Crippen LogP contribution in [0.15, 0.2) is 21.9 Å². The quantitative estimate of drug-likeness (QED) is 0.738. The Bertz CT molecular complexity index is 732. The molecule has 1 fully saturated rings. The third-order valence-corrected chi connectivity index (χ3v) is 5.63. The highest BCUT2D eigenvalue weighted by molar-refractivity contribution is 7.99. The lowest BCUT2D eigenvalue weighted by Gasteiger charge is -2.22. The smallest absolute Gasteiger partial charge is 0.230 e. The first-order valence-corrected chi connectivity index (χ1v) is 10.4. The second-order valence-electron chi connectivity index (χ2n) is 7.39. The maximum absolute atomic E-state index is 12.3. The number of thioether (sulfide) groups is 1. The zero-order chi connectivity index (χ0) is 18.5. The van der Waals surface area contributed by atoms with Crippen LogP contribution in [0, 0.1) is 12.8 Å². The molecule has 2 aromatic heterocycles. The molecule has 0 aliphatic heterocycles. The number of furan rings is 1. The third kappa shape index (κ3) is 4.69. The van der Waals surface area contributed by atoms with Crippen LogP contribution in [-0.4, -0.2) is 32.5 Å². The SMILES string of the molecule is Cc1occc1-c1nnc(SCC(=O)NC2CCCCC2)n1CC(C)C. The van der Waals surface area contributed by atoms with Gasteiger partial charge < -0.3 is 14.3 Å². The van der Waals surface area contributed by atoms with Gasteiger partial charge in [-0.25, -0.2) is 0 Å². The Balaban J connectivity index is 1.68. The number of rotatable bonds is 7. The number of carbonyl (C=O) groups excluding carboxylic acids is 1. The molecule has 0 bridgehead atoms. The first-order chi connectivity index (χ1) is 12.5. The number of hydrogen-bond acceptors (Lipinski definition) is 5. The number of aryl methyl sites for hydroxylation is 1. The highest BCUT2D eigenvalue weighted by Gasteiger charge is 2.20. The Morgan fingerprint density at radius 2 is 2.12 bits per heavy atom. The van der Waals surface area contributed by atoms with Crippen molar-refractivity contribution in [2.45, 2.75) is 70.6 Å². The Morgan fingerprint density at radius 3 is 2.77 bits per heavy atom. The monoisotopic (exact) mass is 376 g/mol. The van der Waals surface area contributed by atoms with Crippen LogP contribution < -0.4 is 5.32 Å². The van der Waals surface area contributed by atoms with E-state index < -0.39 is 0 Å². The van der Waals surface area contributed by atoms with Crippen LogP contribution in [0.1, 0.15) is 51.7 Å². The molecule has 1 saturated carbocycles. The molecule has 0 atom stereocenters. The molecule has 0 unspecified atom stereocenters. The summed E-state index contributed by atoms with van der Waals surface area (Å²) >= 11 is 1.46. The number of nitrogens with one attached hydrogen (secondary N) is 1. The summed E-state index contributed by atoms with van der Waals surface area (Å²) in [6.45, 7) is 7.06.